The summed E-state index contributed by atoms with van der Waals surface area (Å²) in [4.78, 5) is 13.9. The molecule has 1 fully saturated rings. The van der Waals surface area contributed by atoms with Crippen molar-refractivity contribution < 1.29 is 17.9 Å². The normalized spacial score (nSPS) is 21.4. The average molecular weight is 312 g/mol. The molecule has 1 aromatic carbocycles. The van der Waals surface area contributed by atoms with Crippen LogP contribution >= 0.6 is 0 Å². The van der Waals surface area contributed by atoms with E-state index in [9.17, 15) is 13.2 Å². The van der Waals surface area contributed by atoms with Crippen molar-refractivity contribution in [1.82, 2.24) is 4.90 Å². The van der Waals surface area contributed by atoms with E-state index in [4.69, 9.17) is 4.74 Å². The molecule has 0 unspecified atom stereocenters. The number of nitrogens with zero attached hydrogens (tertiary/aromatic N) is 1. The van der Waals surface area contributed by atoms with E-state index in [-0.39, 0.29) is 30.1 Å². The van der Waals surface area contributed by atoms with Crippen molar-refractivity contribution in [3.63, 3.8) is 0 Å². The quantitative estimate of drug-likeness (QED) is 0.902. The van der Waals surface area contributed by atoms with Gasteiger partial charge in [0.2, 0.25) is 0 Å². The number of urea groups is 1. The highest BCUT2D eigenvalue weighted by Gasteiger charge is 2.27. The monoisotopic (exact) mass is 312 g/mol. The van der Waals surface area contributed by atoms with Gasteiger partial charge in [-0.25, -0.2) is 13.2 Å². The molecule has 1 aromatic rings. The molecule has 1 heterocycles. The molecule has 0 radical (unpaired) electrons. The third-order valence-corrected chi connectivity index (χ3v) is 5.27. The Morgan fingerprint density at radius 1 is 1.38 bits per heavy atom. The van der Waals surface area contributed by atoms with Gasteiger partial charge in [0.25, 0.3) is 0 Å². The molecule has 2 amide bonds. The van der Waals surface area contributed by atoms with Crippen molar-refractivity contribution in [3.8, 4) is 5.75 Å². The topological polar surface area (TPSA) is 75.7 Å². The summed E-state index contributed by atoms with van der Waals surface area (Å²) in [6.07, 6.45) is 0.466. The Labute approximate surface area is 125 Å². The number of carbonyl (C=O) groups excluding carboxylic acids is 1. The van der Waals surface area contributed by atoms with E-state index in [2.05, 4.69) is 5.32 Å². The number of rotatable bonds is 2. The van der Waals surface area contributed by atoms with E-state index in [0.717, 1.165) is 0 Å². The summed E-state index contributed by atoms with van der Waals surface area (Å²) in [5, 5.41) is 2.78. The van der Waals surface area contributed by atoms with E-state index in [1.54, 1.807) is 36.3 Å². The number of nitrogens with one attached hydrogen (secondary N) is 1. The number of amides is 2. The van der Waals surface area contributed by atoms with Crippen LogP contribution in [-0.2, 0) is 9.84 Å². The van der Waals surface area contributed by atoms with Gasteiger partial charge in [-0.1, -0.05) is 6.07 Å². The van der Waals surface area contributed by atoms with E-state index in [1.807, 2.05) is 6.92 Å². The fraction of sp³-hybridized carbons (Fsp3) is 0.500. The summed E-state index contributed by atoms with van der Waals surface area (Å²) >= 11 is 0. The lowest BCUT2D eigenvalue weighted by molar-refractivity contribution is 0.197. The Balaban J connectivity index is 2.08. The summed E-state index contributed by atoms with van der Waals surface area (Å²) in [5.41, 5.74) is 0.624. The molecule has 1 aliphatic rings. The first-order chi connectivity index (χ1) is 9.91. The Kier molecular flexibility index (Phi) is 4.72. The molecule has 0 saturated carbocycles. The summed E-state index contributed by atoms with van der Waals surface area (Å²) in [6.45, 7) is 2.09. The predicted octanol–water partition coefficient (Wildman–Crippen LogP) is 1.74. The van der Waals surface area contributed by atoms with E-state index in [0.29, 0.717) is 17.9 Å². The van der Waals surface area contributed by atoms with Crippen LogP contribution < -0.4 is 10.1 Å². The highest BCUT2D eigenvalue weighted by atomic mass is 32.2. The molecule has 6 nitrogen and oxygen atoms in total. The van der Waals surface area contributed by atoms with Crippen LogP contribution in [0, 0.1) is 0 Å². The third kappa shape index (κ3) is 4.10. The molecule has 1 aliphatic heterocycles. The first-order valence-corrected chi connectivity index (χ1v) is 8.65. The number of methoxy groups -OCH3 is 1. The molecule has 21 heavy (non-hydrogen) atoms. The number of hydrogen-bond acceptors (Lipinski definition) is 4. The van der Waals surface area contributed by atoms with Gasteiger partial charge in [-0.15, -0.1) is 0 Å². The SMILES string of the molecule is COc1cccc(NC(=O)N2CCS(=O)(=O)CC[C@H]2C)c1. The summed E-state index contributed by atoms with van der Waals surface area (Å²) in [5.74, 6) is 0.805. The number of anilines is 1. The number of carbonyl (C=O) groups is 1. The first kappa shape index (κ1) is 15.6. The van der Waals surface area contributed by atoms with E-state index >= 15 is 0 Å². The van der Waals surface area contributed by atoms with Crippen LogP contribution in [0.1, 0.15) is 13.3 Å². The second-order valence-corrected chi connectivity index (χ2v) is 7.45. The number of sulfone groups is 1. The molecule has 7 heteroatoms. The summed E-state index contributed by atoms with van der Waals surface area (Å²) in [6, 6.07) is 6.67. The van der Waals surface area contributed by atoms with Crippen LogP contribution in [0.25, 0.3) is 0 Å². The van der Waals surface area contributed by atoms with Crippen molar-refractivity contribution in [1.29, 1.82) is 0 Å². The third-order valence-electron chi connectivity index (χ3n) is 3.60. The van der Waals surface area contributed by atoms with Gasteiger partial charge in [0.15, 0.2) is 9.84 Å². The number of hydrogen-bond donors (Lipinski definition) is 1. The molecule has 1 N–H and O–H groups in total. The van der Waals surface area contributed by atoms with Gasteiger partial charge < -0.3 is 15.0 Å². The Morgan fingerprint density at radius 3 is 2.86 bits per heavy atom. The van der Waals surface area contributed by atoms with Gasteiger partial charge in [-0.05, 0) is 25.5 Å². The molecular weight excluding hydrogens is 292 g/mol. The molecule has 1 saturated heterocycles. The lowest BCUT2D eigenvalue weighted by Crippen LogP contribution is -2.42. The molecule has 116 valence electrons. The molecule has 0 aromatic heterocycles. The largest absolute Gasteiger partial charge is 0.497 e. The van der Waals surface area contributed by atoms with Gasteiger partial charge in [0.1, 0.15) is 5.75 Å². The first-order valence-electron chi connectivity index (χ1n) is 6.83. The van der Waals surface area contributed by atoms with Crippen molar-refractivity contribution in [3.05, 3.63) is 24.3 Å². The zero-order valence-corrected chi connectivity index (χ0v) is 13.0. The highest BCUT2D eigenvalue weighted by Crippen LogP contribution is 2.19. The van der Waals surface area contributed by atoms with Crippen LogP contribution in [0.5, 0.6) is 5.75 Å². The zero-order chi connectivity index (χ0) is 15.5. The van der Waals surface area contributed by atoms with Crippen LogP contribution in [0.3, 0.4) is 0 Å². The molecule has 0 aliphatic carbocycles. The number of ether oxygens (including phenoxy) is 1. The summed E-state index contributed by atoms with van der Waals surface area (Å²) in [7, 11) is -1.49. The van der Waals surface area contributed by atoms with Gasteiger partial charge in [-0.2, -0.15) is 0 Å². The van der Waals surface area contributed by atoms with Crippen LogP contribution in [0.4, 0.5) is 10.5 Å². The van der Waals surface area contributed by atoms with Crippen molar-refractivity contribution in [2.45, 2.75) is 19.4 Å². The van der Waals surface area contributed by atoms with Gasteiger partial charge >= 0.3 is 6.03 Å². The maximum absolute atomic E-state index is 12.3. The van der Waals surface area contributed by atoms with Gasteiger partial charge in [0.05, 0.1) is 18.6 Å². The minimum atomic E-state index is -3.04. The Morgan fingerprint density at radius 2 is 2.14 bits per heavy atom. The smallest absolute Gasteiger partial charge is 0.322 e. The molecule has 2 rings (SSSR count). The van der Waals surface area contributed by atoms with Crippen LogP contribution in [0.2, 0.25) is 0 Å². The minimum absolute atomic E-state index is 0.0167. The number of benzene rings is 1. The lowest BCUT2D eigenvalue weighted by atomic mass is 10.2. The second kappa shape index (κ2) is 6.34. The summed E-state index contributed by atoms with van der Waals surface area (Å²) < 4.78 is 28.4. The highest BCUT2D eigenvalue weighted by molar-refractivity contribution is 7.91. The van der Waals surface area contributed by atoms with Crippen molar-refractivity contribution in [2.24, 2.45) is 0 Å². The molecule has 1 atom stereocenters. The van der Waals surface area contributed by atoms with E-state index < -0.39 is 9.84 Å². The fourth-order valence-corrected chi connectivity index (χ4v) is 3.64. The standard InChI is InChI=1S/C14H20N2O4S/c1-11-6-8-21(18,19)9-7-16(11)14(17)15-12-4-3-5-13(10-12)20-2/h3-5,10-11H,6-9H2,1-2H3,(H,15,17)/t11-/m1/s1. The molecular formula is C14H20N2O4S. The van der Waals surface area contributed by atoms with E-state index in [1.165, 1.54) is 0 Å². The molecule has 0 bridgehead atoms. The Hall–Kier alpha value is -1.76. The second-order valence-electron chi connectivity index (χ2n) is 5.15. The fourth-order valence-electron chi connectivity index (χ4n) is 2.26. The van der Waals surface area contributed by atoms with Gasteiger partial charge in [0, 0.05) is 24.3 Å². The average Bonchev–Trinajstić information content (AvgIpc) is 2.58. The maximum atomic E-state index is 12.3. The van der Waals surface area contributed by atoms with Crippen LogP contribution in [-0.4, -0.2) is 50.6 Å². The predicted molar refractivity (Wildman–Crippen MR) is 81.5 cm³/mol. The zero-order valence-electron chi connectivity index (χ0n) is 12.2. The minimum Gasteiger partial charge on any atom is -0.497 e. The molecule has 0 spiro atoms. The Bertz CT molecular complexity index is 615. The van der Waals surface area contributed by atoms with Crippen molar-refractivity contribution in [2.75, 3.05) is 30.5 Å². The maximum Gasteiger partial charge on any atom is 0.322 e. The van der Waals surface area contributed by atoms with Crippen LogP contribution in [0.15, 0.2) is 24.3 Å². The van der Waals surface area contributed by atoms with Crippen molar-refractivity contribution >= 4 is 21.6 Å². The lowest BCUT2D eigenvalue weighted by Gasteiger charge is -2.26. The van der Waals surface area contributed by atoms with Gasteiger partial charge in [-0.3, -0.25) is 0 Å².